The van der Waals surface area contributed by atoms with Gasteiger partial charge >= 0.3 is 6.03 Å². The molecule has 0 spiro atoms. The lowest BCUT2D eigenvalue weighted by molar-refractivity contribution is 0.262. The van der Waals surface area contributed by atoms with Gasteiger partial charge in [0.25, 0.3) is 0 Å². The first-order valence-corrected chi connectivity index (χ1v) is 9.86. The van der Waals surface area contributed by atoms with Crippen molar-refractivity contribution < 1.29 is 9.18 Å². The minimum Gasteiger partial charge on any atom is -0.366 e. The van der Waals surface area contributed by atoms with Crippen LogP contribution in [0, 0.1) is 5.82 Å². The van der Waals surface area contributed by atoms with Crippen molar-refractivity contribution >= 4 is 34.9 Å². The Morgan fingerprint density at radius 1 is 1.07 bits per heavy atom. The lowest BCUT2D eigenvalue weighted by Crippen LogP contribution is -2.33. The number of rotatable bonds is 4. The molecule has 0 radical (unpaired) electrons. The fourth-order valence-corrected chi connectivity index (χ4v) is 3.75. The molecule has 0 aliphatic carbocycles. The Hall–Kier alpha value is -3.14. The number of anilines is 3. The average Bonchev–Trinajstić information content (AvgIpc) is 3.18. The number of halogens is 1. The van der Waals surface area contributed by atoms with Gasteiger partial charge in [-0.25, -0.2) is 23.8 Å². The van der Waals surface area contributed by atoms with E-state index in [-0.39, 0.29) is 5.82 Å². The summed E-state index contributed by atoms with van der Waals surface area (Å²) >= 11 is 1.93. The summed E-state index contributed by atoms with van der Waals surface area (Å²) in [5.74, 6) is 2.42. The second-order valence-corrected chi connectivity index (χ2v) is 7.32. The highest BCUT2D eigenvalue weighted by Gasteiger charge is 2.18. The normalized spacial score (nSPS) is 14.0. The third-order valence-electron chi connectivity index (χ3n) is 4.18. The standard InChI is InChI=1S/C18H18FN7OS/c19-13-1-3-14(4-2-13)23-18(27)24-15-9-22-26(11-15)17-16(10-20-12-21-17)25-5-7-28-8-6-25/h1-4,9-12H,5-8H2,(H2,23,24,27). The van der Waals surface area contributed by atoms with Gasteiger partial charge in [-0.05, 0) is 24.3 Å². The SMILES string of the molecule is O=C(Nc1ccc(F)cc1)Nc1cnn(-c2ncncc2N2CCSCC2)c1. The van der Waals surface area contributed by atoms with E-state index in [1.807, 2.05) is 11.8 Å². The topological polar surface area (TPSA) is 88.0 Å². The highest BCUT2D eigenvalue weighted by molar-refractivity contribution is 7.99. The van der Waals surface area contributed by atoms with E-state index in [1.54, 1.807) is 23.3 Å². The first-order chi connectivity index (χ1) is 13.7. The van der Waals surface area contributed by atoms with Gasteiger partial charge in [0, 0.05) is 30.3 Å². The molecule has 28 heavy (non-hydrogen) atoms. The van der Waals surface area contributed by atoms with Crippen molar-refractivity contribution in [2.45, 2.75) is 0 Å². The van der Waals surface area contributed by atoms with Crippen molar-refractivity contribution in [1.29, 1.82) is 0 Å². The number of nitrogens with zero attached hydrogens (tertiary/aromatic N) is 5. The quantitative estimate of drug-likeness (QED) is 0.701. The van der Waals surface area contributed by atoms with Crippen LogP contribution in [0.2, 0.25) is 0 Å². The van der Waals surface area contributed by atoms with E-state index in [1.165, 1.54) is 30.6 Å². The first-order valence-electron chi connectivity index (χ1n) is 8.70. The number of carbonyl (C=O) groups excluding carboxylic acids is 1. The van der Waals surface area contributed by atoms with Gasteiger partial charge in [-0.3, -0.25) is 0 Å². The third-order valence-corrected chi connectivity index (χ3v) is 5.13. The lowest BCUT2D eigenvalue weighted by Gasteiger charge is -2.29. The molecular formula is C18H18FN7OS. The van der Waals surface area contributed by atoms with Crippen LogP contribution < -0.4 is 15.5 Å². The Morgan fingerprint density at radius 3 is 2.61 bits per heavy atom. The molecule has 1 aromatic carbocycles. The van der Waals surface area contributed by atoms with Crippen LogP contribution in [0.5, 0.6) is 0 Å². The van der Waals surface area contributed by atoms with Crippen molar-refractivity contribution in [2.75, 3.05) is 40.1 Å². The maximum atomic E-state index is 12.9. The van der Waals surface area contributed by atoms with Crippen molar-refractivity contribution in [1.82, 2.24) is 19.7 Å². The second-order valence-electron chi connectivity index (χ2n) is 6.09. The van der Waals surface area contributed by atoms with Gasteiger partial charge < -0.3 is 15.5 Å². The summed E-state index contributed by atoms with van der Waals surface area (Å²) in [5, 5.41) is 9.66. The summed E-state index contributed by atoms with van der Waals surface area (Å²) < 4.78 is 14.6. The number of thioether (sulfide) groups is 1. The van der Waals surface area contributed by atoms with Gasteiger partial charge in [-0.15, -0.1) is 0 Å². The van der Waals surface area contributed by atoms with Crippen LogP contribution in [0.25, 0.3) is 5.82 Å². The number of hydrogen-bond donors (Lipinski definition) is 2. The largest absolute Gasteiger partial charge is 0.366 e. The van der Waals surface area contributed by atoms with Gasteiger partial charge in [-0.2, -0.15) is 16.9 Å². The van der Waals surface area contributed by atoms with Gasteiger partial charge in [0.2, 0.25) is 0 Å². The predicted octanol–water partition coefficient (Wildman–Crippen LogP) is 3.00. The molecule has 0 atom stereocenters. The number of hydrogen-bond acceptors (Lipinski definition) is 6. The van der Waals surface area contributed by atoms with Crippen LogP contribution in [0.1, 0.15) is 0 Å². The summed E-state index contributed by atoms with van der Waals surface area (Å²) in [6.45, 7) is 1.86. The highest BCUT2D eigenvalue weighted by Crippen LogP contribution is 2.24. The van der Waals surface area contributed by atoms with E-state index in [2.05, 4.69) is 30.6 Å². The molecule has 2 amide bonds. The lowest BCUT2D eigenvalue weighted by atomic mass is 10.3. The predicted molar refractivity (Wildman–Crippen MR) is 108 cm³/mol. The minimum absolute atomic E-state index is 0.361. The van der Waals surface area contributed by atoms with Crippen molar-refractivity contribution in [3.63, 3.8) is 0 Å². The molecule has 3 heterocycles. The summed E-state index contributed by atoms with van der Waals surface area (Å²) in [7, 11) is 0. The molecule has 0 unspecified atom stereocenters. The molecule has 4 rings (SSSR count). The second kappa shape index (κ2) is 8.26. The first kappa shape index (κ1) is 18.2. The molecule has 1 aliphatic rings. The summed E-state index contributed by atoms with van der Waals surface area (Å²) in [5.41, 5.74) is 1.92. The van der Waals surface area contributed by atoms with Crippen LogP contribution in [-0.2, 0) is 0 Å². The third kappa shape index (κ3) is 4.22. The van der Waals surface area contributed by atoms with Crippen molar-refractivity contribution in [2.24, 2.45) is 0 Å². The molecule has 2 aromatic heterocycles. The molecule has 1 fully saturated rings. The zero-order chi connectivity index (χ0) is 19.3. The Bertz CT molecular complexity index is 957. The molecule has 1 saturated heterocycles. The summed E-state index contributed by atoms with van der Waals surface area (Å²) in [4.78, 5) is 22.9. The van der Waals surface area contributed by atoms with Gasteiger partial charge in [-0.1, -0.05) is 0 Å². The van der Waals surface area contributed by atoms with E-state index in [0.717, 1.165) is 30.3 Å². The van der Waals surface area contributed by atoms with E-state index >= 15 is 0 Å². The van der Waals surface area contributed by atoms with E-state index in [4.69, 9.17) is 0 Å². The number of urea groups is 1. The fraction of sp³-hybridized carbons (Fsp3) is 0.222. The molecule has 3 aromatic rings. The maximum Gasteiger partial charge on any atom is 0.323 e. The molecular weight excluding hydrogens is 381 g/mol. The number of carbonyl (C=O) groups is 1. The van der Waals surface area contributed by atoms with Gasteiger partial charge in [0.1, 0.15) is 17.8 Å². The van der Waals surface area contributed by atoms with Crippen molar-refractivity contribution in [3.05, 3.63) is 55.0 Å². The molecule has 2 N–H and O–H groups in total. The highest BCUT2D eigenvalue weighted by atomic mass is 32.2. The summed E-state index contributed by atoms with van der Waals surface area (Å²) in [6, 6.07) is 5.10. The number of aromatic nitrogens is 4. The van der Waals surface area contributed by atoms with Crippen LogP contribution >= 0.6 is 11.8 Å². The van der Waals surface area contributed by atoms with Crippen LogP contribution in [0.4, 0.5) is 26.2 Å². The van der Waals surface area contributed by atoms with Crippen LogP contribution in [0.3, 0.4) is 0 Å². The Labute approximate surface area is 165 Å². The van der Waals surface area contributed by atoms with Gasteiger partial charge in [0.05, 0.1) is 24.3 Å². The van der Waals surface area contributed by atoms with E-state index < -0.39 is 6.03 Å². The number of nitrogens with one attached hydrogen (secondary N) is 2. The monoisotopic (exact) mass is 399 g/mol. The van der Waals surface area contributed by atoms with Crippen LogP contribution in [-0.4, -0.2) is 50.4 Å². The zero-order valence-corrected chi connectivity index (χ0v) is 15.7. The molecule has 8 nitrogen and oxygen atoms in total. The summed E-state index contributed by atoms with van der Waals surface area (Å²) in [6.07, 6.45) is 6.50. The minimum atomic E-state index is -0.442. The molecule has 1 aliphatic heterocycles. The molecule has 0 saturated carbocycles. The Balaban J connectivity index is 1.47. The smallest absolute Gasteiger partial charge is 0.323 e. The Morgan fingerprint density at radius 2 is 1.82 bits per heavy atom. The van der Waals surface area contributed by atoms with E-state index in [9.17, 15) is 9.18 Å². The Kier molecular flexibility index (Phi) is 5.38. The zero-order valence-electron chi connectivity index (χ0n) is 14.9. The van der Waals surface area contributed by atoms with Gasteiger partial charge in [0.15, 0.2) is 5.82 Å². The number of benzene rings is 1. The maximum absolute atomic E-state index is 12.9. The number of amides is 2. The average molecular weight is 399 g/mol. The fourth-order valence-electron chi connectivity index (χ4n) is 2.85. The van der Waals surface area contributed by atoms with E-state index in [0.29, 0.717) is 17.2 Å². The van der Waals surface area contributed by atoms with Crippen molar-refractivity contribution in [3.8, 4) is 5.82 Å². The van der Waals surface area contributed by atoms with Crippen LogP contribution in [0.15, 0.2) is 49.2 Å². The molecule has 0 bridgehead atoms. The molecule has 10 heteroatoms. The molecule has 144 valence electrons.